The zero-order valence-electron chi connectivity index (χ0n) is 15.8. The van der Waals surface area contributed by atoms with E-state index in [2.05, 4.69) is 34.6 Å². The molecule has 0 amide bonds. The molecule has 0 aliphatic rings. The first-order chi connectivity index (χ1) is 12.1. The van der Waals surface area contributed by atoms with Gasteiger partial charge in [-0.05, 0) is 23.6 Å². The number of ether oxygens (including phenoxy) is 2. The summed E-state index contributed by atoms with van der Waals surface area (Å²) in [5, 5.41) is 10.5. The minimum atomic E-state index is 0. The lowest BCUT2D eigenvalue weighted by Crippen LogP contribution is -2.36. The smallest absolute Gasteiger partial charge is 0.191 e. The van der Waals surface area contributed by atoms with Crippen LogP contribution in [0.3, 0.4) is 0 Å². The molecule has 0 bridgehead atoms. The first-order valence-electron chi connectivity index (χ1n) is 8.18. The molecule has 0 atom stereocenters. The SMILES string of the molecule is CN=C(NCc1ccc(OC)c(OC)c1)NCc1cc(C(C)C)no1.I. The highest BCUT2D eigenvalue weighted by Gasteiger charge is 2.09. The summed E-state index contributed by atoms with van der Waals surface area (Å²) >= 11 is 0. The largest absolute Gasteiger partial charge is 0.493 e. The van der Waals surface area contributed by atoms with Crippen LogP contribution in [-0.4, -0.2) is 32.4 Å². The summed E-state index contributed by atoms with van der Waals surface area (Å²) < 4.78 is 15.9. The zero-order valence-corrected chi connectivity index (χ0v) is 18.2. The molecule has 7 nitrogen and oxygen atoms in total. The van der Waals surface area contributed by atoms with Gasteiger partial charge in [-0.1, -0.05) is 25.1 Å². The highest BCUT2D eigenvalue weighted by molar-refractivity contribution is 14.0. The quantitative estimate of drug-likeness (QED) is 0.364. The molecular weight excluding hydrogens is 447 g/mol. The number of benzene rings is 1. The minimum absolute atomic E-state index is 0. The number of aliphatic imine (C=N–C) groups is 1. The van der Waals surface area contributed by atoms with Gasteiger partial charge in [0.1, 0.15) is 0 Å². The highest BCUT2D eigenvalue weighted by Crippen LogP contribution is 2.27. The minimum Gasteiger partial charge on any atom is -0.493 e. The van der Waals surface area contributed by atoms with E-state index in [1.165, 1.54) is 0 Å². The fourth-order valence-electron chi connectivity index (χ4n) is 2.25. The van der Waals surface area contributed by atoms with Gasteiger partial charge in [0, 0.05) is 19.7 Å². The summed E-state index contributed by atoms with van der Waals surface area (Å²) in [5.74, 6) is 3.21. The van der Waals surface area contributed by atoms with E-state index in [1.807, 2.05) is 24.3 Å². The summed E-state index contributed by atoms with van der Waals surface area (Å²) in [5.41, 5.74) is 2.01. The highest BCUT2D eigenvalue weighted by atomic mass is 127. The number of nitrogens with zero attached hydrogens (tertiary/aromatic N) is 2. The molecule has 8 heteroatoms. The number of hydrogen-bond donors (Lipinski definition) is 2. The summed E-state index contributed by atoms with van der Waals surface area (Å²) in [6.45, 7) is 5.29. The maximum atomic E-state index is 5.32. The van der Waals surface area contributed by atoms with Crippen LogP contribution in [0.5, 0.6) is 11.5 Å². The number of guanidine groups is 1. The fourth-order valence-corrected chi connectivity index (χ4v) is 2.25. The molecule has 0 spiro atoms. The van der Waals surface area contributed by atoms with Crippen LogP contribution < -0.4 is 20.1 Å². The number of hydrogen-bond acceptors (Lipinski definition) is 5. The Hall–Kier alpha value is -1.97. The monoisotopic (exact) mass is 474 g/mol. The average molecular weight is 474 g/mol. The second-order valence-electron chi connectivity index (χ2n) is 5.84. The second-order valence-corrected chi connectivity index (χ2v) is 5.84. The number of nitrogens with one attached hydrogen (secondary N) is 2. The number of methoxy groups -OCH3 is 2. The molecule has 2 N–H and O–H groups in total. The van der Waals surface area contributed by atoms with E-state index in [1.54, 1.807) is 21.3 Å². The van der Waals surface area contributed by atoms with E-state index in [9.17, 15) is 0 Å². The second kappa shape index (κ2) is 10.9. The Labute approximate surface area is 171 Å². The predicted molar refractivity (Wildman–Crippen MR) is 113 cm³/mol. The van der Waals surface area contributed by atoms with Crippen LogP contribution in [0.4, 0.5) is 0 Å². The van der Waals surface area contributed by atoms with Crippen LogP contribution in [0.1, 0.15) is 36.8 Å². The first kappa shape index (κ1) is 22.1. The van der Waals surface area contributed by atoms with Crippen LogP contribution in [0, 0.1) is 0 Å². The van der Waals surface area contributed by atoms with Crippen molar-refractivity contribution < 1.29 is 14.0 Å². The molecular formula is C18H27IN4O3. The maximum absolute atomic E-state index is 5.32. The van der Waals surface area contributed by atoms with Crippen molar-refractivity contribution in [3.05, 3.63) is 41.3 Å². The third kappa shape index (κ3) is 6.08. The van der Waals surface area contributed by atoms with Gasteiger partial charge in [-0.25, -0.2) is 0 Å². The van der Waals surface area contributed by atoms with Gasteiger partial charge in [0.15, 0.2) is 23.2 Å². The van der Waals surface area contributed by atoms with Gasteiger partial charge in [-0.3, -0.25) is 4.99 Å². The van der Waals surface area contributed by atoms with Gasteiger partial charge in [0.25, 0.3) is 0 Å². The van der Waals surface area contributed by atoms with Gasteiger partial charge in [-0.2, -0.15) is 0 Å². The topological polar surface area (TPSA) is 80.9 Å². The lowest BCUT2D eigenvalue weighted by Gasteiger charge is -2.13. The molecule has 0 saturated heterocycles. The van der Waals surface area contributed by atoms with Gasteiger partial charge >= 0.3 is 0 Å². The standard InChI is InChI=1S/C18H26N4O3.HI/c1-12(2)15-9-14(25-22-15)11-21-18(19-3)20-10-13-6-7-16(23-4)17(8-13)24-5;/h6-9,12H,10-11H2,1-5H3,(H2,19,20,21);1H. The van der Waals surface area contributed by atoms with E-state index in [-0.39, 0.29) is 24.0 Å². The van der Waals surface area contributed by atoms with Crippen molar-refractivity contribution in [2.45, 2.75) is 32.9 Å². The van der Waals surface area contributed by atoms with Gasteiger partial charge < -0.3 is 24.6 Å². The molecule has 0 saturated carbocycles. The van der Waals surface area contributed by atoms with Gasteiger partial charge in [0.2, 0.25) is 0 Å². The van der Waals surface area contributed by atoms with Gasteiger partial charge in [-0.15, -0.1) is 24.0 Å². The molecule has 0 aliphatic heterocycles. The van der Waals surface area contributed by atoms with Crippen molar-refractivity contribution in [3.63, 3.8) is 0 Å². The van der Waals surface area contributed by atoms with E-state index in [0.29, 0.717) is 36.5 Å². The van der Waals surface area contributed by atoms with Crippen LogP contribution in [0.15, 0.2) is 33.8 Å². The van der Waals surface area contributed by atoms with E-state index >= 15 is 0 Å². The number of aromatic nitrogens is 1. The lowest BCUT2D eigenvalue weighted by molar-refractivity contribution is 0.354. The third-order valence-corrected chi connectivity index (χ3v) is 3.73. The first-order valence-corrected chi connectivity index (χ1v) is 8.18. The summed E-state index contributed by atoms with van der Waals surface area (Å²) in [4.78, 5) is 4.21. The molecule has 1 heterocycles. The third-order valence-electron chi connectivity index (χ3n) is 3.73. The molecule has 1 aromatic heterocycles. The number of rotatable bonds is 7. The van der Waals surface area contributed by atoms with Crippen LogP contribution in [0.25, 0.3) is 0 Å². The normalized spacial score (nSPS) is 11.1. The van der Waals surface area contributed by atoms with Crippen molar-refractivity contribution in [2.75, 3.05) is 21.3 Å². The average Bonchev–Trinajstić information content (AvgIpc) is 3.11. The molecule has 2 aromatic rings. The molecule has 0 fully saturated rings. The fraction of sp³-hybridized carbons (Fsp3) is 0.444. The Morgan fingerprint density at radius 1 is 1.12 bits per heavy atom. The molecule has 2 rings (SSSR count). The molecule has 0 unspecified atom stereocenters. The zero-order chi connectivity index (χ0) is 18.2. The van der Waals surface area contributed by atoms with Crippen molar-refractivity contribution >= 4 is 29.9 Å². The Morgan fingerprint density at radius 2 is 1.81 bits per heavy atom. The van der Waals surface area contributed by atoms with Crippen molar-refractivity contribution in [2.24, 2.45) is 4.99 Å². The molecule has 26 heavy (non-hydrogen) atoms. The van der Waals surface area contributed by atoms with E-state index in [0.717, 1.165) is 17.0 Å². The molecule has 0 radical (unpaired) electrons. The van der Waals surface area contributed by atoms with Crippen LogP contribution in [0.2, 0.25) is 0 Å². The van der Waals surface area contributed by atoms with Crippen LogP contribution in [-0.2, 0) is 13.1 Å². The van der Waals surface area contributed by atoms with Crippen molar-refractivity contribution in [1.82, 2.24) is 15.8 Å². The lowest BCUT2D eigenvalue weighted by atomic mass is 10.1. The summed E-state index contributed by atoms with van der Waals surface area (Å²) in [7, 11) is 4.97. The summed E-state index contributed by atoms with van der Waals surface area (Å²) in [6.07, 6.45) is 0. The number of halogens is 1. The molecule has 0 aliphatic carbocycles. The molecule has 1 aromatic carbocycles. The Morgan fingerprint density at radius 3 is 2.38 bits per heavy atom. The predicted octanol–water partition coefficient (Wildman–Crippen LogP) is 3.30. The van der Waals surface area contributed by atoms with Crippen molar-refractivity contribution in [3.8, 4) is 11.5 Å². The Kier molecular flexibility index (Phi) is 9.25. The van der Waals surface area contributed by atoms with E-state index < -0.39 is 0 Å². The summed E-state index contributed by atoms with van der Waals surface area (Å²) in [6, 6.07) is 7.75. The maximum Gasteiger partial charge on any atom is 0.191 e. The Bertz CT molecular complexity index is 716. The van der Waals surface area contributed by atoms with E-state index in [4.69, 9.17) is 14.0 Å². The van der Waals surface area contributed by atoms with Crippen molar-refractivity contribution in [1.29, 1.82) is 0 Å². The van der Waals surface area contributed by atoms with Gasteiger partial charge in [0.05, 0.1) is 26.5 Å². The molecule has 144 valence electrons. The Balaban J connectivity index is 0.00000338. The van der Waals surface area contributed by atoms with Crippen LogP contribution >= 0.6 is 24.0 Å².